The number of nitro benzene ring substituents is 1. The van der Waals surface area contributed by atoms with E-state index in [1.54, 1.807) is 0 Å². The number of aliphatic hydroxyl groups excluding tert-OH is 2. The molecule has 0 bridgehead atoms. The Morgan fingerprint density at radius 3 is 2.52 bits per heavy atom. The lowest BCUT2D eigenvalue weighted by atomic mass is 10.1. The number of hydrogen-bond donors (Lipinski definition) is 3. The summed E-state index contributed by atoms with van der Waals surface area (Å²) >= 11 is 0. The Hall–Kier alpha value is -2.52. The Morgan fingerprint density at radius 1 is 1.38 bits per heavy atom. The molecule has 21 heavy (non-hydrogen) atoms. The Labute approximate surface area is 119 Å². The number of amides is 1. The first-order valence-electron chi connectivity index (χ1n) is 5.84. The summed E-state index contributed by atoms with van der Waals surface area (Å²) in [6.07, 6.45) is -1.15. The van der Waals surface area contributed by atoms with Crippen LogP contribution in [0.25, 0.3) is 0 Å². The van der Waals surface area contributed by atoms with Crippen molar-refractivity contribution in [2.45, 2.75) is 6.10 Å². The molecule has 1 unspecified atom stereocenters. The smallest absolute Gasteiger partial charge is 0.338 e. The van der Waals surface area contributed by atoms with Gasteiger partial charge in [0.1, 0.15) is 0 Å². The van der Waals surface area contributed by atoms with Crippen LogP contribution in [0.4, 0.5) is 5.69 Å². The van der Waals surface area contributed by atoms with Crippen molar-refractivity contribution in [3.05, 3.63) is 39.4 Å². The van der Waals surface area contributed by atoms with Crippen LogP contribution in [0.1, 0.15) is 20.7 Å². The third-order valence-corrected chi connectivity index (χ3v) is 2.52. The Balaban J connectivity index is 3.05. The standard InChI is InChI=1S/C12H14N2O7/c1-21-12(18)8-2-7(3-9(4-8)14(19)20)11(17)13-5-10(16)6-15/h2-4,10,15-16H,5-6H2,1H3,(H,13,17). The maximum Gasteiger partial charge on any atom is 0.338 e. The van der Waals surface area contributed by atoms with Gasteiger partial charge >= 0.3 is 5.97 Å². The van der Waals surface area contributed by atoms with E-state index in [1.165, 1.54) is 0 Å². The van der Waals surface area contributed by atoms with Crippen molar-refractivity contribution < 1.29 is 29.5 Å². The monoisotopic (exact) mass is 298 g/mol. The van der Waals surface area contributed by atoms with E-state index in [1.807, 2.05) is 0 Å². The van der Waals surface area contributed by atoms with Crippen molar-refractivity contribution in [2.75, 3.05) is 20.3 Å². The molecule has 3 N–H and O–H groups in total. The molecule has 114 valence electrons. The van der Waals surface area contributed by atoms with Crippen LogP contribution >= 0.6 is 0 Å². The average molecular weight is 298 g/mol. The normalized spacial score (nSPS) is 11.6. The molecule has 9 nitrogen and oxygen atoms in total. The number of benzene rings is 1. The van der Waals surface area contributed by atoms with Gasteiger partial charge in [0.25, 0.3) is 11.6 Å². The predicted octanol–water partition coefficient (Wildman–Crippen LogP) is -0.536. The maximum absolute atomic E-state index is 11.8. The first-order chi connectivity index (χ1) is 9.88. The van der Waals surface area contributed by atoms with E-state index in [0.717, 1.165) is 25.3 Å². The highest BCUT2D eigenvalue weighted by molar-refractivity contribution is 5.98. The Kier molecular flexibility index (Phi) is 5.76. The molecule has 1 aromatic carbocycles. The van der Waals surface area contributed by atoms with Crippen molar-refractivity contribution in [1.82, 2.24) is 5.32 Å². The molecule has 1 rings (SSSR count). The van der Waals surface area contributed by atoms with Crippen LogP contribution < -0.4 is 5.32 Å². The molecule has 0 spiro atoms. The van der Waals surface area contributed by atoms with Crippen LogP contribution in [0.2, 0.25) is 0 Å². The van der Waals surface area contributed by atoms with Crippen LogP contribution in [0, 0.1) is 10.1 Å². The van der Waals surface area contributed by atoms with Crippen LogP contribution in [0.3, 0.4) is 0 Å². The molecular formula is C12H14N2O7. The maximum atomic E-state index is 11.8. The van der Waals surface area contributed by atoms with Gasteiger partial charge in [0.15, 0.2) is 0 Å². The summed E-state index contributed by atoms with van der Waals surface area (Å²) in [7, 11) is 1.11. The van der Waals surface area contributed by atoms with E-state index >= 15 is 0 Å². The van der Waals surface area contributed by atoms with E-state index in [2.05, 4.69) is 10.1 Å². The number of methoxy groups -OCH3 is 1. The molecule has 9 heteroatoms. The molecule has 1 amide bonds. The first-order valence-corrected chi connectivity index (χ1v) is 5.84. The highest BCUT2D eigenvalue weighted by Crippen LogP contribution is 2.18. The Bertz CT molecular complexity index is 559. The largest absolute Gasteiger partial charge is 0.465 e. The zero-order valence-electron chi connectivity index (χ0n) is 11.1. The second-order valence-corrected chi connectivity index (χ2v) is 4.06. The minimum atomic E-state index is -1.15. The average Bonchev–Trinajstić information content (AvgIpc) is 2.50. The number of hydrogen-bond acceptors (Lipinski definition) is 7. The molecular weight excluding hydrogens is 284 g/mol. The molecule has 1 atom stereocenters. The van der Waals surface area contributed by atoms with Crippen LogP contribution in [-0.2, 0) is 4.74 Å². The summed E-state index contributed by atoms with van der Waals surface area (Å²) in [5.74, 6) is -1.54. The van der Waals surface area contributed by atoms with Gasteiger partial charge in [-0.15, -0.1) is 0 Å². The zero-order chi connectivity index (χ0) is 16.0. The predicted molar refractivity (Wildman–Crippen MR) is 69.9 cm³/mol. The highest BCUT2D eigenvalue weighted by Gasteiger charge is 2.18. The third kappa shape index (κ3) is 4.51. The summed E-state index contributed by atoms with van der Waals surface area (Å²) in [6.45, 7) is -0.770. The number of nitro groups is 1. The summed E-state index contributed by atoms with van der Waals surface area (Å²) in [5, 5.41) is 30.8. The van der Waals surface area contributed by atoms with E-state index in [0.29, 0.717) is 0 Å². The molecule has 0 radical (unpaired) electrons. The van der Waals surface area contributed by atoms with Gasteiger partial charge in [-0.2, -0.15) is 0 Å². The summed E-state index contributed by atoms with van der Waals surface area (Å²) in [4.78, 5) is 33.3. The first kappa shape index (κ1) is 16.5. The highest BCUT2D eigenvalue weighted by atomic mass is 16.6. The number of nitrogens with zero attached hydrogens (tertiary/aromatic N) is 1. The summed E-state index contributed by atoms with van der Waals surface area (Å²) in [6, 6.07) is 3.12. The molecule has 0 saturated heterocycles. The van der Waals surface area contributed by atoms with Crippen LogP contribution in [0.15, 0.2) is 18.2 Å². The van der Waals surface area contributed by atoms with Crippen molar-refractivity contribution in [1.29, 1.82) is 0 Å². The lowest BCUT2D eigenvalue weighted by Crippen LogP contribution is -2.34. The van der Waals surface area contributed by atoms with Crippen molar-refractivity contribution >= 4 is 17.6 Å². The second kappa shape index (κ2) is 7.31. The van der Waals surface area contributed by atoms with Gasteiger partial charge in [-0.3, -0.25) is 14.9 Å². The van der Waals surface area contributed by atoms with Gasteiger partial charge in [0, 0.05) is 24.2 Å². The van der Waals surface area contributed by atoms with Crippen LogP contribution in [-0.4, -0.2) is 53.4 Å². The fraction of sp³-hybridized carbons (Fsp3) is 0.333. The number of non-ortho nitro benzene ring substituents is 1. The number of aliphatic hydroxyl groups is 2. The van der Waals surface area contributed by atoms with E-state index in [-0.39, 0.29) is 17.7 Å². The number of ether oxygens (including phenoxy) is 1. The molecule has 0 heterocycles. The SMILES string of the molecule is COC(=O)c1cc(C(=O)NCC(O)CO)cc([N+](=O)[O-])c1. The molecule has 1 aromatic rings. The number of esters is 1. The van der Waals surface area contributed by atoms with Gasteiger partial charge in [0.2, 0.25) is 0 Å². The third-order valence-electron chi connectivity index (χ3n) is 2.52. The van der Waals surface area contributed by atoms with Crippen molar-refractivity contribution in [2.24, 2.45) is 0 Å². The van der Waals surface area contributed by atoms with Gasteiger partial charge in [0.05, 0.1) is 30.3 Å². The number of nitrogens with one attached hydrogen (secondary N) is 1. The van der Waals surface area contributed by atoms with Crippen molar-refractivity contribution in [3.8, 4) is 0 Å². The minimum absolute atomic E-state index is 0.130. The fourth-order valence-corrected chi connectivity index (χ4v) is 1.46. The Morgan fingerprint density at radius 2 is 2.00 bits per heavy atom. The topological polar surface area (TPSA) is 139 Å². The number of carbonyl (C=O) groups is 2. The molecule has 0 aromatic heterocycles. The lowest BCUT2D eigenvalue weighted by Gasteiger charge is -2.09. The quantitative estimate of drug-likeness (QED) is 0.364. The van der Waals surface area contributed by atoms with E-state index < -0.39 is 35.2 Å². The van der Waals surface area contributed by atoms with Gasteiger partial charge in [-0.25, -0.2) is 4.79 Å². The number of rotatable bonds is 6. The minimum Gasteiger partial charge on any atom is -0.465 e. The fourth-order valence-electron chi connectivity index (χ4n) is 1.46. The van der Waals surface area contributed by atoms with Gasteiger partial charge in [-0.05, 0) is 6.07 Å². The molecule has 0 fully saturated rings. The van der Waals surface area contributed by atoms with Crippen molar-refractivity contribution in [3.63, 3.8) is 0 Å². The molecule has 0 saturated carbocycles. The van der Waals surface area contributed by atoms with E-state index in [4.69, 9.17) is 10.2 Å². The lowest BCUT2D eigenvalue weighted by molar-refractivity contribution is -0.384. The summed E-state index contributed by atoms with van der Waals surface area (Å²) in [5.41, 5.74) is -0.708. The molecule has 0 aliphatic rings. The van der Waals surface area contributed by atoms with Gasteiger partial charge < -0.3 is 20.3 Å². The molecule has 0 aliphatic carbocycles. The van der Waals surface area contributed by atoms with E-state index in [9.17, 15) is 19.7 Å². The zero-order valence-corrected chi connectivity index (χ0v) is 11.1. The number of carbonyl (C=O) groups excluding carboxylic acids is 2. The molecule has 0 aliphatic heterocycles. The summed E-state index contributed by atoms with van der Waals surface area (Å²) < 4.78 is 4.46. The van der Waals surface area contributed by atoms with Gasteiger partial charge in [-0.1, -0.05) is 0 Å². The second-order valence-electron chi connectivity index (χ2n) is 4.06. The van der Waals surface area contributed by atoms with Crippen LogP contribution in [0.5, 0.6) is 0 Å².